The quantitative estimate of drug-likeness (QED) is 0.708. The van der Waals surface area contributed by atoms with Crippen LogP contribution in [0.2, 0.25) is 0 Å². The van der Waals surface area contributed by atoms with Crippen LogP contribution in [0.15, 0.2) is 59.4 Å². The molecule has 1 atom stereocenters. The molecule has 0 bridgehead atoms. The van der Waals surface area contributed by atoms with E-state index in [1.807, 2.05) is 24.7 Å². The lowest BCUT2D eigenvalue weighted by molar-refractivity contribution is 0.140. The molecule has 1 aliphatic heterocycles. The number of hydrogen-bond donors (Lipinski definition) is 1. The van der Waals surface area contributed by atoms with E-state index in [2.05, 4.69) is 57.4 Å². The third-order valence-corrected chi connectivity index (χ3v) is 4.65. The summed E-state index contributed by atoms with van der Waals surface area (Å²) in [6.07, 6.45) is 5.57. The molecule has 1 N–H and O–H groups in total. The number of nitrogens with one attached hydrogen (secondary N) is 1. The normalized spacial score (nSPS) is 17.0. The van der Waals surface area contributed by atoms with Crippen LogP contribution in [0.25, 0.3) is 11.3 Å². The molecule has 144 valence electrons. The standard InChI is InChI=1S/C20H22N4O.2ClH/c1-15-4-6-16(7-5-15)19-13-23-20(25-19)14-24-10-9-22-12-18(24)17-3-2-8-21-11-17;;/h2-8,11,13,18,22H,9-10,12,14H2,1H3;2*1H. The number of aromatic nitrogens is 2. The molecule has 1 aromatic carbocycles. The number of hydrogen-bond acceptors (Lipinski definition) is 5. The minimum Gasteiger partial charge on any atom is -0.439 e. The molecule has 0 saturated carbocycles. The van der Waals surface area contributed by atoms with Crippen LogP contribution in [-0.4, -0.2) is 34.5 Å². The first-order valence-electron chi connectivity index (χ1n) is 8.66. The second-order valence-corrected chi connectivity index (χ2v) is 6.46. The Morgan fingerprint density at radius 1 is 1.15 bits per heavy atom. The molecule has 0 radical (unpaired) electrons. The summed E-state index contributed by atoms with van der Waals surface area (Å²) in [4.78, 5) is 11.2. The average molecular weight is 407 g/mol. The highest BCUT2D eigenvalue weighted by molar-refractivity contribution is 5.85. The number of pyridine rings is 1. The topological polar surface area (TPSA) is 54.2 Å². The second-order valence-electron chi connectivity index (χ2n) is 6.46. The Kier molecular flexibility index (Phi) is 7.80. The van der Waals surface area contributed by atoms with E-state index < -0.39 is 0 Å². The van der Waals surface area contributed by atoms with Gasteiger partial charge in [-0.25, -0.2) is 4.98 Å². The first-order valence-corrected chi connectivity index (χ1v) is 8.66. The molecule has 1 fully saturated rings. The van der Waals surface area contributed by atoms with E-state index in [1.54, 1.807) is 0 Å². The van der Waals surface area contributed by atoms with Crippen molar-refractivity contribution in [3.8, 4) is 11.3 Å². The van der Waals surface area contributed by atoms with Gasteiger partial charge < -0.3 is 9.73 Å². The lowest BCUT2D eigenvalue weighted by atomic mass is 10.1. The van der Waals surface area contributed by atoms with E-state index in [0.717, 1.165) is 36.8 Å². The number of piperazine rings is 1. The molecule has 3 heterocycles. The lowest BCUT2D eigenvalue weighted by Crippen LogP contribution is -2.45. The van der Waals surface area contributed by atoms with Crippen molar-refractivity contribution in [1.82, 2.24) is 20.2 Å². The minimum atomic E-state index is 0. The van der Waals surface area contributed by atoms with Crippen molar-refractivity contribution in [2.75, 3.05) is 19.6 Å². The fraction of sp³-hybridized carbons (Fsp3) is 0.300. The molecule has 2 aromatic heterocycles. The third kappa shape index (κ3) is 5.08. The van der Waals surface area contributed by atoms with Crippen molar-refractivity contribution >= 4 is 24.8 Å². The Hall–Kier alpha value is -1.92. The molecular formula is C20H24Cl2N4O. The fourth-order valence-corrected chi connectivity index (χ4v) is 3.25. The Morgan fingerprint density at radius 2 is 1.96 bits per heavy atom. The van der Waals surface area contributed by atoms with E-state index in [4.69, 9.17) is 4.42 Å². The van der Waals surface area contributed by atoms with Gasteiger partial charge in [0.1, 0.15) is 0 Å². The molecule has 0 spiro atoms. The zero-order valence-electron chi connectivity index (χ0n) is 15.2. The lowest BCUT2D eigenvalue weighted by Gasteiger charge is -2.35. The molecule has 1 aliphatic rings. The van der Waals surface area contributed by atoms with Crippen LogP contribution in [-0.2, 0) is 6.54 Å². The van der Waals surface area contributed by atoms with Gasteiger partial charge in [0.25, 0.3) is 0 Å². The van der Waals surface area contributed by atoms with Crippen LogP contribution >= 0.6 is 24.8 Å². The van der Waals surface area contributed by atoms with Crippen molar-refractivity contribution < 1.29 is 4.42 Å². The zero-order chi connectivity index (χ0) is 17.1. The number of aryl methyl sites for hydroxylation is 1. The summed E-state index contributed by atoms with van der Waals surface area (Å²) in [7, 11) is 0. The number of halogens is 2. The average Bonchev–Trinajstić information content (AvgIpc) is 3.12. The molecule has 7 heteroatoms. The highest BCUT2D eigenvalue weighted by Gasteiger charge is 2.25. The van der Waals surface area contributed by atoms with E-state index in [1.165, 1.54) is 11.1 Å². The Balaban J connectivity index is 0.00000131. The maximum absolute atomic E-state index is 6.01. The number of nitrogens with zero attached hydrogens (tertiary/aromatic N) is 3. The Labute approximate surface area is 172 Å². The molecule has 3 aromatic rings. The van der Waals surface area contributed by atoms with Gasteiger partial charge in [-0.05, 0) is 18.6 Å². The van der Waals surface area contributed by atoms with E-state index in [0.29, 0.717) is 6.54 Å². The Morgan fingerprint density at radius 3 is 2.70 bits per heavy atom. The maximum Gasteiger partial charge on any atom is 0.209 e. The largest absolute Gasteiger partial charge is 0.439 e. The van der Waals surface area contributed by atoms with Gasteiger partial charge in [0.2, 0.25) is 5.89 Å². The van der Waals surface area contributed by atoms with Gasteiger partial charge in [-0.3, -0.25) is 9.88 Å². The van der Waals surface area contributed by atoms with Gasteiger partial charge in [-0.15, -0.1) is 24.8 Å². The van der Waals surface area contributed by atoms with Gasteiger partial charge in [0.05, 0.1) is 12.7 Å². The second kappa shape index (κ2) is 9.85. The van der Waals surface area contributed by atoms with Gasteiger partial charge in [0, 0.05) is 43.6 Å². The van der Waals surface area contributed by atoms with Crippen LogP contribution in [0.4, 0.5) is 0 Å². The van der Waals surface area contributed by atoms with Crippen LogP contribution in [0.5, 0.6) is 0 Å². The monoisotopic (exact) mass is 406 g/mol. The number of rotatable bonds is 4. The van der Waals surface area contributed by atoms with Gasteiger partial charge in [-0.1, -0.05) is 35.9 Å². The summed E-state index contributed by atoms with van der Waals surface area (Å²) in [5.74, 6) is 1.58. The fourth-order valence-electron chi connectivity index (χ4n) is 3.25. The van der Waals surface area contributed by atoms with Crippen molar-refractivity contribution in [3.05, 3.63) is 72.0 Å². The van der Waals surface area contributed by atoms with Crippen molar-refractivity contribution in [2.24, 2.45) is 0 Å². The van der Waals surface area contributed by atoms with Gasteiger partial charge >= 0.3 is 0 Å². The van der Waals surface area contributed by atoms with Crippen LogP contribution in [0.1, 0.15) is 23.1 Å². The maximum atomic E-state index is 6.01. The van der Waals surface area contributed by atoms with E-state index >= 15 is 0 Å². The molecule has 0 amide bonds. The zero-order valence-corrected chi connectivity index (χ0v) is 16.8. The predicted octanol–water partition coefficient (Wildman–Crippen LogP) is 4.04. The van der Waals surface area contributed by atoms with Crippen molar-refractivity contribution in [3.63, 3.8) is 0 Å². The molecule has 4 rings (SSSR count). The summed E-state index contributed by atoms with van der Waals surface area (Å²) >= 11 is 0. The molecule has 1 saturated heterocycles. The molecule has 5 nitrogen and oxygen atoms in total. The third-order valence-electron chi connectivity index (χ3n) is 4.65. The summed E-state index contributed by atoms with van der Waals surface area (Å²) in [5.41, 5.74) is 3.53. The molecule has 1 unspecified atom stereocenters. The summed E-state index contributed by atoms with van der Waals surface area (Å²) in [6.45, 7) is 5.63. The van der Waals surface area contributed by atoms with Gasteiger partial charge in [0.15, 0.2) is 5.76 Å². The van der Waals surface area contributed by atoms with Crippen LogP contribution in [0.3, 0.4) is 0 Å². The molecule has 0 aliphatic carbocycles. The van der Waals surface area contributed by atoms with Gasteiger partial charge in [-0.2, -0.15) is 0 Å². The first-order chi connectivity index (χ1) is 12.3. The SMILES string of the molecule is Cc1ccc(-c2cnc(CN3CCNCC3c3cccnc3)o2)cc1.Cl.Cl. The van der Waals surface area contributed by atoms with Crippen molar-refractivity contribution in [2.45, 2.75) is 19.5 Å². The summed E-state index contributed by atoms with van der Waals surface area (Å²) < 4.78 is 6.01. The number of benzene rings is 1. The smallest absolute Gasteiger partial charge is 0.209 e. The first kappa shape index (κ1) is 21.4. The molecular weight excluding hydrogens is 383 g/mol. The number of oxazole rings is 1. The highest BCUT2D eigenvalue weighted by Crippen LogP contribution is 2.25. The van der Waals surface area contributed by atoms with E-state index in [9.17, 15) is 0 Å². The predicted molar refractivity (Wildman–Crippen MR) is 111 cm³/mol. The highest BCUT2D eigenvalue weighted by atomic mass is 35.5. The minimum absolute atomic E-state index is 0. The van der Waals surface area contributed by atoms with E-state index in [-0.39, 0.29) is 30.9 Å². The molecule has 27 heavy (non-hydrogen) atoms. The van der Waals surface area contributed by atoms with Crippen LogP contribution < -0.4 is 5.32 Å². The van der Waals surface area contributed by atoms with Crippen LogP contribution in [0, 0.1) is 6.92 Å². The van der Waals surface area contributed by atoms with Crippen molar-refractivity contribution in [1.29, 1.82) is 0 Å². The summed E-state index contributed by atoms with van der Waals surface area (Å²) in [6, 6.07) is 12.7. The Bertz CT molecular complexity index is 824. The summed E-state index contributed by atoms with van der Waals surface area (Å²) in [5, 5.41) is 3.46.